The van der Waals surface area contributed by atoms with Crippen LogP contribution in [-0.4, -0.2) is 22.4 Å². The summed E-state index contributed by atoms with van der Waals surface area (Å²) in [6.07, 6.45) is 2.63. The lowest BCUT2D eigenvalue weighted by Gasteiger charge is -2.24. The molecule has 1 aliphatic rings. The molecule has 1 amide bonds. The van der Waals surface area contributed by atoms with Gasteiger partial charge in [0.05, 0.1) is 23.7 Å². The summed E-state index contributed by atoms with van der Waals surface area (Å²) in [6, 6.07) is 13.8. The molecular formula is C22H20N4O2S. The molecule has 0 saturated carbocycles. The number of hydrogen-bond acceptors (Lipinski definition) is 5. The first-order valence-corrected chi connectivity index (χ1v) is 10.3. The van der Waals surface area contributed by atoms with Crippen LogP contribution in [0.15, 0.2) is 54.0 Å². The number of pyridine rings is 1. The van der Waals surface area contributed by atoms with Gasteiger partial charge in [0.1, 0.15) is 17.2 Å². The Balaban J connectivity index is 1.61. The maximum atomic E-state index is 13.0. The lowest BCUT2D eigenvalue weighted by Crippen LogP contribution is -2.29. The number of carbonyl (C=O) groups excluding carboxylic acids is 1. The van der Waals surface area contributed by atoms with Gasteiger partial charge in [0.2, 0.25) is 5.91 Å². The monoisotopic (exact) mass is 404 g/mol. The largest absolute Gasteiger partial charge is 0.497 e. The van der Waals surface area contributed by atoms with E-state index in [2.05, 4.69) is 10.6 Å². The highest BCUT2D eigenvalue weighted by Gasteiger charge is 2.32. The molecule has 29 heavy (non-hydrogen) atoms. The zero-order valence-electron chi connectivity index (χ0n) is 16.1. The van der Waals surface area contributed by atoms with Crippen molar-refractivity contribution >= 4 is 39.4 Å². The number of rotatable bonds is 4. The number of carbonyl (C=O) groups is 1. The van der Waals surface area contributed by atoms with E-state index in [4.69, 9.17) is 9.72 Å². The topological polar surface area (TPSA) is 67.7 Å². The van der Waals surface area contributed by atoms with Crippen molar-refractivity contribution in [1.29, 1.82) is 0 Å². The molecule has 7 heteroatoms. The Hall–Kier alpha value is -3.32. The molecule has 146 valence electrons. The fourth-order valence-electron chi connectivity index (χ4n) is 3.73. The molecule has 6 nitrogen and oxygen atoms in total. The van der Waals surface area contributed by atoms with Gasteiger partial charge in [-0.2, -0.15) is 0 Å². The molecule has 0 radical (unpaired) electrons. The Morgan fingerprint density at radius 1 is 1.28 bits per heavy atom. The van der Waals surface area contributed by atoms with Gasteiger partial charge in [-0.1, -0.05) is 12.1 Å². The lowest BCUT2D eigenvalue weighted by molar-refractivity contribution is -0.117. The summed E-state index contributed by atoms with van der Waals surface area (Å²) in [5.41, 5.74) is 4.57. The Morgan fingerprint density at radius 2 is 2.17 bits per heavy atom. The van der Waals surface area contributed by atoms with Crippen LogP contribution in [0.2, 0.25) is 0 Å². The number of fused-ring (bicyclic) bond motifs is 2. The predicted molar refractivity (Wildman–Crippen MR) is 116 cm³/mol. The van der Waals surface area contributed by atoms with Gasteiger partial charge < -0.3 is 15.4 Å². The molecule has 2 N–H and O–H groups in total. The number of amides is 1. The van der Waals surface area contributed by atoms with Crippen molar-refractivity contribution in [3.63, 3.8) is 0 Å². The number of benzene rings is 1. The summed E-state index contributed by atoms with van der Waals surface area (Å²) in [5.74, 6) is 1.13. The molecule has 1 aliphatic heterocycles. The fourth-order valence-corrected chi connectivity index (χ4v) is 4.35. The van der Waals surface area contributed by atoms with E-state index in [0.717, 1.165) is 44.7 Å². The SMILES string of the molecule is COc1ccc2c(c1)NC(=O)C(c1nc3ccc(C)cn3c1Nc1cccs1)C2. The summed E-state index contributed by atoms with van der Waals surface area (Å²) < 4.78 is 7.31. The minimum atomic E-state index is -0.376. The number of nitrogens with zero attached hydrogens (tertiary/aromatic N) is 2. The predicted octanol–water partition coefficient (Wildman–Crippen LogP) is 4.73. The first-order valence-electron chi connectivity index (χ1n) is 9.39. The maximum absolute atomic E-state index is 13.0. The number of nitrogens with one attached hydrogen (secondary N) is 2. The lowest BCUT2D eigenvalue weighted by atomic mass is 9.90. The van der Waals surface area contributed by atoms with Crippen molar-refractivity contribution < 1.29 is 9.53 Å². The number of aryl methyl sites for hydroxylation is 1. The zero-order valence-corrected chi connectivity index (χ0v) is 16.9. The van der Waals surface area contributed by atoms with Gasteiger partial charge in [0, 0.05) is 18.0 Å². The fraction of sp³-hybridized carbons (Fsp3) is 0.182. The van der Waals surface area contributed by atoms with Crippen molar-refractivity contribution in [2.75, 3.05) is 17.7 Å². The van der Waals surface area contributed by atoms with Crippen LogP contribution in [0.25, 0.3) is 5.65 Å². The minimum absolute atomic E-state index is 0.0555. The normalized spacial score (nSPS) is 15.8. The van der Waals surface area contributed by atoms with E-state index in [1.165, 1.54) is 0 Å². The first kappa shape index (κ1) is 17.8. The van der Waals surface area contributed by atoms with E-state index in [1.807, 2.05) is 65.4 Å². The molecule has 0 bridgehead atoms. The molecule has 3 aromatic heterocycles. The van der Waals surface area contributed by atoms with Crippen LogP contribution in [0.1, 0.15) is 22.7 Å². The summed E-state index contributed by atoms with van der Waals surface area (Å²) >= 11 is 1.62. The van der Waals surface area contributed by atoms with Gasteiger partial charge in [-0.05, 0) is 54.1 Å². The van der Waals surface area contributed by atoms with E-state index in [-0.39, 0.29) is 11.8 Å². The molecule has 4 heterocycles. The Labute approximate surface area is 172 Å². The van der Waals surface area contributed by atoms with E-state index in [9.17, 15) is 4.79 Å². The number of ether oxygens (including phenoxy) is 1. The standard InChI is InChI=1S/C22H20N4O2S/c1-13-5-8-18-24-20(21(26(18)12-13)25-19-4-3-9-29-19)16-10-14-6-7-15(28-2)11-17(14)23-22(16)27/h3-9,11-12,16,25H,10H2,1-2H3,(H,23,27). The highest BCUT2D eigenvalue weighted by molar-refractivity contribution is 7.14. The highest BCUT2D eigenvalue weighted by atomic mass is 32.1. The van der Waals surface area contributed by atoms with Crippen LogP contribution >= 0.6 is 11.3 Å². The van der Waals surface area contributed by atoms with Gasteiger partial charge in [-0.15, -0.1) is 11.3 Å². The quantitative estimate of drug-likeness (QED) is 0.516. The average molecular weight is 404 g/mol. The van der Waals surface area contributed by atoms with E-state index in [0.29, 0.717) is 6.42 Å². The minimum Gasteiger partial charge on any atom is -0.497 e. The summed E-state index contributed by atoms with van der Waals surface area (Å²) in [7, 11) is 1.62. The molecular weight excluding hydrogens is 384 g/mol. The first-order chi connectivity index (χ1) is 14.1. The van der Waals surface area contributed by atoms with Gasteiger partial charge in [0.25, 0.3) is 0 Å². The highest BCUT2D eigenvalue weighted by Crippen LogP contribution is 2.37. The van der Waals surface area contributed by atoms with Crippen LogP contribution in [0.4, 0.5) is 16.5 Å². The average Bonchev–Trinajstić information content (AvgIpc) is 3.35. The second-order valence-corrected chi connectivity index (χ2v) is 8.10. The number of aromatic nitrogens is 2. The summed E-state index contributed by atoms with van der Waals surface area (Å²) in [6.45, 7) is 2.05. The van der Waals surface area contributed by atoms with Gasteiger partial charge in [-0.3, -0.25) is 9.20 Å². The Kier molecular flexibility index (Phi) is 4.24. The van der Waals surface area contributed by atoms with Gasteiger partial charge >= 0.3 is 0 Å². The third-order valence-electron chi connectivity index (χ3n) is 5.20. The molecule has 0 saturated heterocycles. The van der Waals surface area contributed by atoms with Crippen LogP contribution in [0.3, 0.4) is 0 Å². The molecule has 1 atom stereocenters. The van der Waals surface area contributed by atoms with Crippen molar-refractivity contribution in [2.24, 2.45) is 0 Å². The zero-order chi connectivity index (χ0) is 20.0. The Morgan fingerprint density at radius 3 is 2.97 bits per heavy atom. The van der Waals surface area contributed by atoms with E-state index in [1.54, 1.807) is 18.4 Å². The van der Waals surface area contributed by atoms with Gasteiger partial charge in [0.15, 0.2) is 0 Å². The van der Waals surface area contributed by atoms with Crippen LogP contribution in [0.5, 0.6) is 5.75 Å². The van der Waals surface area contributed by atoms with E-state index < -0.39 is 0 Å². The molecule has 0 fully saturated rings. The molecule has 4 aromatic rings. The van der Waals surface area contributed by atoms with Crippen molar-refractivity contribution in [2.45, 2.75) is 19.3 Å². The number of hydrogen-bond donors (Lipinski definition) is 2. The second-order valence-electron chi connectivity index (χ2n) is 7.15. The Bertz CT molecular complexity index is 1210. The summed E-state index contributed by atoms with van der Waals surface area (Å²) in [4.78, 5) is 17.9. The number of methoxy groups -OCH3 is 1. The summed E-state index contributed by atoms with van der Waals surface area (Å²) in [5, 5.41) is 9.54. The molecule has 0 spiro atoms. The number of thiophene rings is 1. The number of anilines is 3. The third-order valence-corrected chi connectivity index (χ3v) is 5.99. The van der Waals surface area contributed by atoms with Crippen LogP contribution in [-0.2, 0) is 11.2 Å². The van der Waals surface area contributed by atoms with Crippen molar-refractivity contribution in [3.8, 4) is 5.75 Å². The van der Waals surface area contributed by atoms with Crippen LogP contribution in [0, 0.1) is 6.92 Å². The van der Waals surface area contributed by atoms with Crippen molar-refractivity contribution in [3.05, 3.63) is 70.9 Å². The number of imidazole rings is 1. The van der Waals surface area contributed by atoms with Crippen LogP contribution < -0.4 is 15.4 Å². The molecule has 1 unspecified atom stereocenters. The third kappa shape index (κ3) is 3.13. The molecule has 1 aromatic carbocycles. The second kappa shape index (κ2) is 6.93. The smallest absolute Gasteiger partial charge is 0.234 e. The van der Waals surface area contributed by atoms with Gasteiger partial charge in [-0.25, -0.2) is 4.98 Å². The molecule has 5 rings (SSSR count). The maximum Gasteiger partial charge on any atom is 0.234 e. The van der Waals surface area contributed by atoms with Crippen molar-refractivity contribution in [1.82, 2.24) is 9.38 Å². The van der Waals surface area contributed by atoms with E-state index >= 15 is 0 Å². The molecule has 0 aliphatic carbocycles.